The van der Waals surface area contributed by atoms with Crippen molar-refractivity contribution in [1.29, 1.82) is 0 Å². The van der Waals surface area contributed by atoms with Crippen LogP contribution in [0.15, 0.2) is 60.8 Å². The van der Waals surface area contributed by atoms with Crippen molar-refractivity contribution in [3.05, 3.63) is 66.4 Å². The number of anilines is 1. The zero-order valence-corrected chi connectivity index (χ0v) is 14.2. The van der Waals surface area contributed by atoms with Crippen molar-refractivity contribution in [3.8, 4) is 0 Å². The average molecular weight is 331 g/mol. The lowest BCUT2D eigenvalue weighted by atomic mass is 10.0. The molecule has 4 rings (SSSR count). The molecule has 25 heavy (non-hydrogen) atoms. The van der Waals surface area contributed by atoms with Crippen LogP contribution in [0.3, 0.4) is 0 Å². The van der Waals surface area contributed by atoms with E-state index < -0.39 is 0 Å². The fraction of sp³-hybridized carbons (Fsp3) is 0.238. The molecule has 126 valence electrons. The lowest BCUT2D eigenvalue weighted by molar-refractivity contribution is -0.111. The molecule has 0 bridgehead atoms. The van der Waals surface area contributed by atoms with E-state index >= 15 is 0 Å². The maximum atomic E-state index is 12.3. The Morgan fingerprint density at radius 1 is 1.20 bits per heavy atom. The summed E-state index contributed by atoms with van der Waals surface area (Å²) in [5.74, 6) is 1.30. The second-order valence-electron chi connectivity index (χ2n) is 6.63. The third-order valence-electron chi connectivity index (χ3n) is 4.85. The predicted octanol–water partition coefficient (Wildman–Crippen LogP) is 4.66. The molecule has 1 aromatic heterocycles. The summed E-state index contributed by atoms with van der Waals surface area (Å²) in [4.78, 5) is 12.3. The number of hydrogen-bond donors (Lipinski definition) is 1. The largest absolute Gasteiger partial charge is 0.307 e. The summed E-state index contributed by atoms with van der Waals surface area (Å²) in [5, 5.41) is 9.62. The monoisotopic (exact) mass is 331 g/mol. The molecule has 2 aromatic carbocycles. The van der Waals surface area contributed by atoms with Crippen LogP contribution in [0.1, 0.15) is 31.4 Å². The van der Waals surface area contributed by atoms with Gasteiger partial charge < -0.3 is 5.32 Å². The van der Waals surface area contributed by atoms with Crippen molar-refractivity contribution in [2.75, 3.05) is 5.32 Å². The molecule has 0 aliphatic heterocycles. The summed E-state index contributed by atoms with van der Waals surface area (Å²) in [6, 6.07) is 16.4. The number of benzene rings is 2. The first-order valence-corrected chi connectivity index (χ1v) is 8.73. The quantitative estimate of drug-likeness (QED) is 0.691. The van der Waals surface area contributed by atoms with Crippen LogP contribution in [0.5, 0.6) is 0 Å². The van der Waals surface area contributed by atoms with E-state index in [0.29, 0.717) is 12.0 Å². The van der Waals surface area contributed by atoms with Crippen molar-refractivity contribution in [1.82, 2.24) is 9.78 Å². The second kappa shape index (κ2) is 6.55. The van der Waals surface area contributed by atoms with Gasteiger partial charge in [0.1, 0.15) is 5.82 Å². The zero-order chi connectivity index (χ0) is 17.2. The van der Waals surface area contributed by atoms with Crippen molar-refractivity contribution in [2.45, 2.75) is 25.8 Å². The Labute approximate surface area is 147 Å². The maximum Gasteiger partial charge on any atom is 0.249 e. The van der Waals surface area contributed by atoms with Gasteiger partial charge in [-0.25, -0.2) is 4.68 Å². The first-order chi connectivity index (χ1) is 12.2. The van der Waals surface area contributed by atoms with Gasteiger partial charge in [0.15, 0.2) is 0 Å². The molecule has 1 amide bonds. The Bertz CT molecular complexity index is 932. The molecule has 4 nitrogen and oxygen atoms in total. The Hall–Kier alpha value is -2.88. The van der Waals surface area contributed by atoms with Gasteiger partial charge in [-0.3, -0.25) is 4.79 Å². The summed E-state index contributed by atoms with van der Waals surface area (Å²) in [7, 11) is 0. The third kappa shape index (κ3) is 3.33. The van der Waals surface area contributed by atoms with Crippen LogP contribution in [-0.2, 0) is 4.79 Å². The number of aromatic nitrogens is 2. The zero-order valence-electron chi connectivity index (χ0n) is 14.2. The normalized spacial score (nSPS) is 15.6. The van der Waals surface area contributed by atoms with Crippen LogP contribution < -0.4 is 5.32 Å². The molecular formula is C21H21N3O. The highest BCUT2D eigenvalue weighted by Crippen LogP contribution is 2.40. The van der Waals surface area contributed by atoms with Crippen molar-refractivity contribution in [2.24, 2.45) is 5.92 Å². The Balaban J connectivity index is 1.51. The molecule has 4 heteroatoms. The summed E-state index contributed by atoms with van der Waals surface area (Å²) in [6.45, 7) is 2.16. The number of fused-ring (bicyclic) bond motifs is 1. The number of rotatable bonds is 5. The van der Waals surface area contributed by atoms with Gasteiger partial charge in [0.05, 0.1) is 12.2 Å². The SMILES string of the molecule is CC(C1CC1)n1nccc1NC(=O)/C=C/c1cccc2ccccc12. The summed E-state index contributed by atoms with van der Waals surface area (Å²) in [6.07, 6.45) is 7.68. The summed E-state index contributed by atoms with van der Waals surface area (Å²) >= 11 is 0. The molecule has 1 aliphatic rings. The Kier molecular flexibility index (Phi) is 4.10. The van der Waals surface area contributed by atoms with Crippen LogP contribution in [0.2, 0.25) is 0 Å². The van der Waals surface area contributed by atoms with Crippen LogP contribution in [0.4, 0.5) is 5.82 Å². The van der Waals surface area contributed by atoms with Crippen LogP contribution in [-0.4, -0.2) is 15.7 Å². The lowest BCUT2D eigenvalue weighted by Gasteiger charge is -2.14. The van der Waals surface area contributed by atoms with Gasteiger partial charge in [0, 0.05) is 12.1 Å². The Morgan fingerprint density at radius 3 is 2.84 bits per heavy atom. The van der Waals surface area contributed by atoms with E-state index in [1.807, 2.05) is 41.1 Å². The molecule has 1 unspecified atom stereocenters. The first kappa shape index (κ1) is 15.6. The van der Waals surface area contributed by atoms with Crippen molar-refractivity contribution >= 4 is 28.6 Å². The van der Waals surface area contributed by atoms with Gasteiger partial charge in [-0.15, -0.1) is 0 Å². The molecule has 0 radical (unpaired) electrons. The highest BCUT2D eigenvalue weighted by molar-refractivity contribution is 6.03. The van der Waals surface area contributed by atoms with Crippen LogP contribution in [0.25, 0.3) is 16.8 Å². The number of carbonyl (C=O) groups excluding carboxylic acids is 1. The van der Waals surface area contributed by atoms with E-state index in [9.17, 15) is 4.79 Å². The number of hydrogen-bond acceptors (Lipinski definition) is 2. The smallest absolute Gasteiger partial charge is 0.249 e. The first-order valence-electron chi connectivity index (χ1n) is 8.73. The van der Waals surface area contributed by atoms with Gasteiger partial charge in [-0.1, -0.05) is 42.5 Å². The minimum Gasteiger partial charge on any atom is -0.307 e. The number of amides is 1. The van der Waals surface area contributed by atoms with E-state index in [1.165, 1.54) is 18.2 Å². The van der Waals surface area contributed by atoms with Gasteiger partial charge in [0.2, 0.25) is 5.91 Å². The predicted molar refractivity (Wildman–Crippen MR) is 101 cm³/mol. The summed E-state index contributed by atoms with van der Waals surface area (Å²) < 4.78 is 1.92. The maximum absolute atomic E-state index is 12.3. The molecule has 1 N–H and O–H groups in total. The van der Waals surface area contributed by atoms with E-state index in [2.05, 4.69) is 35.5 Å². The van der Waals surface area contributed by atoms with E-state index in [1.54, 1.807) is 12.3 Å². The van der Waals surface area contributed by atoms with E-state index in [0.717, 1.165) is 16.8 Å². The van der Waals surface area contributed by atoms with Gasteiger partial charge in [0.25, 0.3) is 0 Å². The number of nitrogens with one attached hydrogen (secondary N) is 1. The molecule has 3 aromatic rings. The fourth-order valence-corrected chi connectivity index (χ4v) is 3.25. The molecule has 1 saturated carbocycles. The number of carbonyl (C=O) groups is 1. The van der Waals surface area contributed by atoms with Gasteiger partial charge in [-0.2, -0.15) is 5.10 Å². The standard InChI is InChI=1S/C21H21N3O/c1-15(16-9-10-16)24-20(13-14-22-24)23-21(25)12-11-18-7-4-6-17-5-2-3-8-19(17)18/h2-8,11-16H,9-10H2,1H3,(H,23,25)/b12-11+. The topological polar surface area (TPSA) is 46.9 Å². The minimum atomic E-state index is -0.141. The molecular weight excluding hydrogens is 310 g/mol. The van der Waals surface area contributed by atoms with E-state index in [-0.39, 0.29) is 5.91 Å². The lowest BCUT2D eigenvalue weighted by Crippen LogP contribution is -2.16. The summed E-state index contributed by atoms with van der Waals surface area (Å²) in [5.41, 5.74) is 1.04. The average Bonchev–Trinajstić information content (AvgIpc) is 3.39. The van der Waals surface area contributed by atoms with Crippen LogP contribution >= 0.6 is 0 Å². The minimum absolute atomic E-state index is 0.141. The molecule has 1 atom stereocenters. The highest BCUT2D eigenvalue weighted by Gasteiger charge is 2.30. The number of nitrogens with zero attached hydrogens (tertiary/aromatic N) is 2. The molecule has 0 spiro atoms. The highest BCUT2D eigenvalue weighted by atomic mass is 16.1. The van der Waals surface area contributed by atoms with Crippen LogP contribution in [0, 0.1) is 5.92 Å². The van der Waals surface area contributed by atoms with E-state index in [4.69, 9.17) is 0 Å². The van der Waals surface area contributed by atoms with Gasteiger partial charge in [-0.05, 0) is 48.1 Å². The third-order valence-corrected chi connectivity index (χ3v) is 4.85. The molecule has 1 heterocycles. The molecule has 0 saturated heterocycles. The molecule has 1 aliphatic carbocycles. The van der Waals surface area contributed by atoms with Gasteiger partial charge >= 0.3 is 0 Å². The Morgan fingerprint density at radius 2 is 2.00 bits per heavy atom. The van der Waals surface area contributed by atoms with Crippen molar-refractivity contribution in [3.63, 3.8) is 0 Å². The second-order valence-corrected chi connectivity index (χ2v) is 6.63. The molecule has 1 fully saturated rings. The van der Waals surface area contributed by atoms with Crippen molar-refractivity contribution < 1.29 is 4.79 Å². The fourth-order valence-electron chi connectivity index (χ4n) is 3.25.